The van der Waals surface area contributed by atoms with Gasteiger partial charge in [0.05, 0.1) is 5.70 Å². The molecule has 0 aromatic heterocycles. The summed E-state index contributed by atoms with van der Waals surface area (Å²) in [6.45, 7) is 0. The van der Waals surface area contributed by atoms with Crippen LogP contribution in [0, 0.1) is 11.8 Å². The zero-order chi connectivity index (χ0) is 36.3. The molecule has 3 unspecified atom stereocenters. The van der Waals surface area contributed by atoms with Crippen LogP contribution in [0.3, 0.4) is 0 Å². The molecule has 0 saturated heterocycles. The van der Waals surface area contributed by atoms with Crippen LogP contribution in [0.1, 0.15) is 55.2 Å². The van der Waals surface area contributed by atoms with Gasteiger partial charge in [0.25, 0.3) is 0 Å². The van der Waals surface area contributed by atoms with Gasteiger partial charge in [-0.1, -0.05) is 146 Å². The van der Waals surface area contributed by atoms with Crippen molar-refractivity contribution in [2.45, 2.75) is 44.7 Å². The van der Waals surface area contributed by atoms with Crippen molar-refractivity contribution in [3.05, 3.63) is 214 Å². The van der Waals surface area contributed by atoms with Gasteiger partial charge in [0.15, 0.2) is 0 Å². The molecular weight excluding hydrogens is 665 g/mol. The van der Waals surface area contributed by atoms with E-state index in [1.54, 1.807) is 0 Å². The maximum atomic E-state index is 3.97. The summed E-state index contributed by atoms with van der Waals surface area (Å²) in [4.78, 5) is 2.53. The Hall–Kier alpha value is -6.12. The first-order chi connectivity index (χ1) is 27.3. The maximum absolute atomic E-state index is 3.97. The fraction of sp³-hybridized carbons (Fsp3) is 0.170. The van der Waals surface area contributed by atoms with E-state index in [1.807, 2.05) is 0 Å². The molecule has 0 amide bonds. The highest BCUT2D eigenvalue weighted by Crippen LogP contribution is 2.45. The molecule has 6 aromatic rings. The standard InChI is InChI=1S/C53H44N2/c1-2-18-40(19-3-1)55-50-27-11-10-26-49(50)54-53(55)38-30-28-35(29-31-38)39-32-33-47-48(34-39)52(44-25-13-17-37-15-5-7-21-42(37)44)46-23-9-8-22-45(46)51(47)43-24-12-16-36-14-4-6-20-41(36)43/h1-7,11-22,24-25,27-30,32-34,38,46,53-54H,8-10,23,26,31H2. The Morgan fingerprint density at radius 2 is 1.38 bits per heavy atom. The molecule has 1 heterocycles. The first kappa shape index (κ1) is 32.3. The Morgan fingerprint density at radius 1 is 0.636 bits per heavy atom. The van der Waals surface area contributed by atoms with Crippen molar-refractivity contribution in [1.82, 2.24) is 5.32 Å². The van der Waals surface area contributed by atoms with Crippen LogP contribution in [0.25, 0.3) is 38.3 Å². The number of hydrogen-bond donors (Lipinski definition) is 1. The molecule has 5 aliphatic rings. The minimum absolute atomic E-state index is 0.188. The lowest BCUT2D eigenvalue weighted by molar-refractivity contribution is 0.461. The zero-order valence-electron chi connectivity index (χ0n) is 31.1. The van der Waals surface area contributed by atoms with Crippen molar-refractivity contribution in [3.63, 3.8) is 0 Å². The van der Waals surface area contributed by atoms with Crippen LogP contribution in [0.5, 0.6) is 0 Å². The number of allylic oxidation sites excluding steroid dienone is 8. The number of nitrogens with zero attached hydrogens (tertiary/aromatic N) is 1. The topological polar surface area (TPSA) is 15.3 Å². The monoisotopic (exact) mass is 708 g/mol. The van der Waals surface area contributed by atoms with Gasteiger partial charge >= 0.3 is 0 Å². The van der Waals surface area contributed by atoms with Gasteiger partial charge in [-0.2, -0.15) is 0 Å². The van der Waals surface area contributed by atoms with Gasteiger partial charge in [0, 0.05) is 23.2 Å². The third-order valence-corrected chi connectivity index (χ3v) is 12.7. The molecule has 55 heavy (non-hydrogen) atoms. The molecule has 11 rings (SSSR count). The van der Waals surface area contributed by atoms with Crippen LogP contribution in [0.2, 0.25) is 0 Å². The second kappa shape index (κ2) is 13.3. The van der Waals surface area contributed by atoms with E-state index in [4.69, 9.17) is 0 Å². The SMILES string of the molecule is C1=CC2=C(CC1)NC(C1C=CC(c3ccc4c(c3)=C(c3cccc5ccccc35)C3CCCC=C3C=4c3cccc4ccccc34)=CC1)N2c1ccccc1. The summed E-state index contributed by atoms with van der Waals surface area (Å²) in [7, 11) is 0. The van der Waals surface area contributed by atoms with Gasteiger partial charge in [-0.3, -0.25) is 0 Å². The van der Waals surface area contributed by atoms with E-state index in [0.29, 0.717) is 11.8 Å². The highest BCUT2D eigenvalue weighted by Gasteiger charge is 2.37. The summed E-state index contributed by atoms with van der Waals surface area (Å²) in [6, 6.07) is 49.9. The molecule has 0 radical (unpaired) electrons. The van der Waals surface area contributed by atoms with Crippen LogP contribution in [0.15, 0.2) is 187 Å². The number of hydrogen-bond acceptors (Lipinski definition) is 2. The third-order valence-electron chi connectivity index (χ3n) is 12.7. The van der Waals surface area contributed by atoms with Crippen molar-refractivity contribution in [3.8, 4) is 0 Å². The molecule has 0 fully saturated rings. The second-order valence-corrected chi connectivity index (χ2v) is 15.8. The Balaban J connectivity index is 1.07. The lowest BCUT2D eigenvalue weighted by Crippen LogP contribution is -2.43. The molecule has 0 bridgehead atoms. The predicted octanol–water partition coefficient (Wildman–Crippen LogP) is 11.1. The first-order valence-electron chi connectivity index (χ1n) is 20.2. The van der Waals surface area contributed by atoms with Crippen molar-refractivity contribution < 1.29 is 0 Å². The molecule has 1 N–H and O–H groups in total. The Labute approximate surface area is 323 Å². The van der Waals surface area contributed by atoms with Crippen LogP contribution in [-0.4, -0.2) is 6.17 Å². The number of para-hydroxylation sites is 1. The average molecular weight is 709 g/mol. The quantitative estimate of drug-likeness (QED) is 0.192. The average Bonchev–Trinajstić information content (AvgIpc) is 3.65. The van der Waals surface area contributed by atoms with Crippen molar-refractivity contribution in [2.24, 2.45) is 11.8 Å². The number of rotatable bonds is 5. The van der Waals surface area contributed by atoms with Gasteiger partial charge < -0.3 is 10.2 Å². The van der Waals surface area contributed by atoms with Gasteiger partial charge in [0.2, 0.25) is 0 Å². The molecule has 0 spiro atoms. The molecular formula is C53H44N2. The van der Waals surface area contributed by atoms with Crippen molar-refractivity contribution in [1.29, 1.82) is 0 Å². The molecule has 2 heteroatoms. The van der Waals surface area contributed by atoms with E-state index in [2.05, 4.69) is 180 Å². The smallest absolute Gasteiger partial charge is 0.110 e. The molecule has 266 valence electrons. The zero-order valence-corrected chi connectivity index (χ0v) is 31.1. The first-order valence-corrected chi connectivity index (χ1v) is 20.2. The fourth-order valence-corrected chi connectivity index (χ4v) is 10.2. The number of nitrogens with one attached hydrogen (secondary N) is 1. The Morgan fingerprint density at radius 3 is 2.18 bits per heavy atom. The molecule has 1 aliphatic heterocycles. The third kappa shape index (κ3) is 5.38. The summed E-state index contributed by atoms with van der Waals surface area (Å²) >= 11 is 0. The summed E-state index contributed by atoms with van der Waals surface area (Å²) < 4.78 is 0. The maximum Gasteiger partial charge on any atom is 0.110 e. The minimum Gasteiger partial charge on any atom is -0.366 e. The number of anilines is 1. The largest absolute Gasteiger partial charge is 0.366 e. The van der Waals surface area contributed by atoms with Gasteiger partial charge in [-0.15, -0.1) is 0 Å². The Bertz CT molecular complexity index is 2800. The van der Waals surface area contributed by atoms with Crippen molar-refractivity contribution in [2.75, 3.05) is 4.90 Å². The van der Waals surface area contributed by atoms with Crippen LogP contribution in [0.4, 0.5) is 5.69 Å². The van der Waals surface area contributed by atoms with Crippen LogP contribution < -0.4 is 20.7 Å². The van der Waals surface area contributed by atoms with Crippen LogP contribution in [-0.2, 0) is 0 Å². The van der Waals surface area contributed by atoms with E-state index in [-0.39, 0.29) is 6.17 Å². The fourth-order valence-electron chi connectivity index (χ4n) is 10.2. The normalized spacial score (nSPS) is 21.6. The van der Waals surface area contributed by atoms with Gasteiger partial charge in [-0.25, -0.2) is 0 Å². The minimum atomic E-state index is 0.188. The van der Waals surface area contributed by atoms with Gasteiger partial charge in [0.1, 0.15) is 6.17 Å². The van der Waals surface area contributed by atoms with Crippen LogP contribution >= 0.6 is 0 Å². The number of fused-ring (bicyclic) bond motifs is 4. The van der Waals surface area contributed by atoms with Gasteiger partial charge in [-0.05, 0) is 134 Å². The van der Waals surface area contributed by atoms with E-state index in [1.165, 1.54) is 94.5 Å². The second-order valence-electron chi connectivity index (χ2n) is 15.8. The lowest BCUT2D eigenvalue weighted by atomic mass is 9.70. The van der Waals surface area contributed by atoms with E-state index >= 15 is 0 Å². The highest BCUT2D eigenvalue weighted by molar-refractivity contribution is 6.02. The molecule has 0 saturated carbocycles. The summed E-state index contributed by atoms with van der Waals surface area (Å²) in [5, 5.41) is 12.0. The lowest BCUT2D eigenvalue weighted by Gasteiger charge is -2.34. The Kier molecular flexibility index (Phi) is 7.83. The highest BCUT2D eigenvalue weighted by atomic mass is 15.3. The molecule has 3 atom stereocenters. The summed E-state index contributed by atoms with van der Waals surface area (Å²) in [5.41, 5.74) is 13.7. The summed E-state index contributed by atoms with van der Waals surface area (Å²) in [6.07, 6.45) is 21.4. The van der Waals surface area contributed by atoms with E-state index in [0.717, 1.165) is 32.1 Å². The predicted molar refractivity (Wildman–Crippen MR) is 231 cm³/mol. The van der Waals surface area contributed by atoms with E-state index in [9.17, 15) is 0 Å². The number of benzene rings is 6. The molecule has 4 aliphatic carbocycles. The molecule has 6 aromatic carbocycles. The molecule has 2 nitrogen and oxygen atoms in total. The van der Waals surface area contributed by atoms with Crippen molar-refractivity contribution >= 4 is 44.0 Å². The van der Waals surface area contributed by atoms with E-state index < -0.39 is 0 Å². The summed E-state index contributed by atoms with van der Waals surface area (Å²) in [5.74, 6) is 0.682.